The van der Waals surface area contributed by atoms with Gasteiger partial charge in [-0.15, -0.1) is 0 Å². The number of ether oxygens (including phenoxy) is 2. The van der Waals surface area contributed by atoms with Crippen LogP contribution in [0.5, 0.6) is 11.5 Å². The predicted molar refractivity (Wildman–Crippen MR) is 106 cm³/mol. The Morgan fingerprint density at radius 2 is 1.96 bits per heavy atom. The molecule has 4 nitrogen and oxygen atoms in total. The summed E-state index contributed by atoms with van der Waals surface area (Å²) in [7, 11) is 0. The first-order chi connectivity index (χ1) is 11.6. The highest BCUT2D eigenvalue weighted by Gasteiger charge is 2.17. The van der Waals surface area contributed by atoms with Crippen LogP contribution in [0.4, 0.5) is 5.69 Å². The number of hydrogen-bond acceptors (Lipinski definition) is 3. The van der Waals surface area contributed by atoms with E-state index < -0.39 is 0 Å². The number of nitrogens with one attached hydrogen (secondary N) is 1. The van der Waals surface area contributed by atoms with Crippen molar-refractivity contribution in [1.82, 2.24) is 0 Å². The fraction of sp³-hybridized carbons (Fsp3) is 0.278. The van der Waals surface area contributed by atoms with Crippen molar-refractivity contribution in [3.05, 3.63) is 50.6 Å². The van der Waals surface area contributed by atoms with Crippen LogP contribution in [0.2, 0.25) is 5.02 Å². The molecule has 0 aliphatic heterocycles. The van der Waals surface area contributed by atoms with E-state index in [2.05, 4.69) is 27.9 Å². The number of para-hydroxylation sites is 1. The minimum atomic E-state index is -0.246. The zero-order valence-corrected chi connectivity index (χ0v) is 16.5. The van der Waals surface area contributed by atoms with E-state index in [1.54, 1.807) is 12.1 Å². The quantitative estimate of drug-likeness (QED) is 0.565. The molecule has 2 aromatic rings. The molecule has 1 N–H and O–H groups in total. The maximum absolute atomic E-state index is 12.5. The van der Waals surface area contributed by atoms with E-state index in [1.807, 2.05) is 38.1 Å². The van der Waals surface area contributed by atoms with Crippen LogP contribution < -0.4 is 14.8 Å². The summed E-state index contributed by atoms with van der Waals surface area (Å²) < 4.78 is 12.2. The van der Waals surface area contributed by atoms with Crippen LogP contribution >= 0.6 is 34.2 Å². The first-order valence-electron chi connectivity index (χ1n) is 7.71. The van der Waals surface area contributed by atoms with Gasteiger partial charge in [-0.1, -0.05) is 30.7 Å². The van der Waals surface area contributed by atoms with Crippen LogP contribution in [0.15, 0.2) is 36.4 Å². The number of hydrogen-bond donors (Lipinski definition) is 1. The molecule has 2 rings (SSSR count). The number of halogens is 2. The van der Waals surface area contributed by atoms with E-state index in [4.69, 9.17) is 21.1 Å². The smallest absolute Gasteiger partial charge is 0.255 e. The average Bonchev–Trinajstić information content (AvgIpc) is 2.56. The molecule has 1 amide bonds. The van der Waals surface area contributed by atoms with Gasteiger partial charge < -0.3 is 14.8 Å². The Labute approximate surface area is 160 Å². The Hall–Kier alpha value is -1.47. The molecule has 0 aromatic heterocycles. The first-order valence-corrected chi connectivity index (χ1v) is 9.17. The molecular weight excluding hydrogens is 441 g/mol. The summed E-state index contributed by atoms with van der Waals surface area (Å²) in [4.78, 5) is 12.5. The molecule has 24 heavy (non-hydrogen) atoms. The minimum Gasteiger partial charge on any atom is -0.490 e. The van der Waals surface area contributed by atoms with Crippen molar-refractivity contribution in [1.29, 1.82) is 0 Å². The van der Waals surface area contributed by atoms with Crippen LogP contribution in [0, 0.1) is 3.57 Å². The standard InChI is InChI=1S/C18H19ClINO3/c1-3-9-24-17-13(19)10-12(11-16(17)23-4-2)18(22)21-15-8-6-5-7-14(15)20/h5-8,10-11H,3-4,9H2,1-2H3,(H,21,22). The molecule has 0 atom stereocenters. The fourth-order valence-electron chi connectivity index (χ4n) is 2.06. The van der Waals surface area contributed by atoms with Crippen LogP contribution in [0.1, 0.15) is 30.6 Å². The molecular formula is C18H19ClINO3. The van der Waals surface area contributed by atoms with Crippen molar-refractivity contribution in [3.8, 4) is 11.5 Å². The monoisotopic (exact) mass is 459 g/mol. The van der Waals surface area contributed by atoms with Gasteiger partial charge in [0, 0.05) is 9.13 Å². The molecule has 0 unspecified atom stereocenters. The van der Waals surface area contributed by atoms with Crippen LogP contribution in [0.25, 0.3) is 0 Å². The zero-order valence-electron chi connectivity index (χ0n) is 13.6. The van der Waals surface area contributed by atoms with Gasteiger partial charge in [0.05, 0.1) is 23.9 Å². The normalized spacial score (nSPS) is 10.3. The van der Waals surface area contributed by atoms with Crippen molar-refractivity contribution >= 4 is 45.8 Å². The largest absolute Gasteiger partial charge is 0.490 e. The highest BCUT2D eigenvalue weighted by atomic mass is 127. The highest BCUT2D eigenvalue weighted by molar-refractivity contribution is 14.1. The molecule has 0 saturated heterocycles. The molecule has 0 radical (unpaired) electrons. The van der Waals surface area contributed by atoms with E-state index in [1.165, 1.54) is 0 Å². The Kier molecular flexibility index (Phi) is 7.17. The molecule has 128 valence electrons. The number of carbonyl (C=O) groups is 1. The molecule has 0 aliphatic rings. The van der Waals surface area contributed by atoms with E-state index in [9.17, 15) is 4.79 Å². The Bertz CT molecular complexity index is 721. The minimum absolute atomic E-state index is 0.246. The molecule has 2 aromatic carbocycles. The van der Waals surface area contributed by atoms with Gasteiger partial charge in [0.15, 0.2) is 11.5 Å². The molecule has 0 fully saturated rings. The fourth-order valence-corrected chi connectivity index (χ4v) is 2.85. The van der Waals surface area contributed by atoms with Crippen molar-refractivity contribution < 1.29 is 14.3 Å². The summed E-state index contributed by atoms with van der Waals surface area (Å²) in [6, 6.07) is 10.8. The molecule has 0 spiro atoms. The van der Waals surface area contributed by atoms with Gasteiger partial charge in [0.1, 0.15) is 0 Å². The van der Waals surface area contributed by atoms with Crippen LogP contribution in [-0.4, -0.2) is 19.1 Å². The lowest BCUT2D eigenvalue weighted by molar-refractivity contribution is 0.102. The zero-order chi connectivity index (χ0) is 17.5. The number of amides is 1. The molecule has 0 bridgehead atoms. The number of anilines is 1. The van der Waals surface area contributed by atoms with Crippen molar-refractivity contribution in [3.63, 3.8) is 0 Å². The van der Waals surface area contributed by atoms with Gasteiger partial charge in [-0.2, -0.15) is 0 Å². The van der Waals surface area contributed by atoms with E-state index in [0.717, 1.165) is 15.7 Å². The van der Waals surface area contributed by atoms with E-state index in [0.29, 0.717) is 35.3 Å². The predicted octanol–water partition coefficient (Wildman–Crippen LogP) is 5.38. The third-order valence-electron chi connectivity index (χ3n) is 3.14. The molecule has 0 aliphatic carbocycles. The van der Waals surface area contributed by atoms with Gasteiger partial charge in [-0.05, 0) is 60.2 Å². The van der Waals surface area contributed by atoms with Gasteiger partial charge >= 0.3 is 0 Å². The lowest BCUT2D eigenvalue weighted by Gasteiger charge is -2.15. The summed E-state index contributed by atoms with van der Waals surface area (Å²) in [5.74, 6) is 0.710. The van der Waals surface area contributed by atoms with Crippen molar-refractivity contribution in [2.75, 3.05) is 18.5 Å². The molecule has 0 saturated carbocycles. The van der Waals surface area contributed by atoms with Crippen LogP contribution in [0.3, 0.4) is 0 Å². The van der Waals surface area contributed by atoms with Crippen molar-refractivity contribution in [2.45, 2.75) is 20.3 Å². The molecule has 6 heteroatoms. The number of carbonyl (C=O) groups excluding carboxylic acids is 1. The van der Waals surface area contributed by atoms with E-state index >= 15 is 0 Å². The average molecular weight is 460 g/mol. The second kappa shape index (κ2) is 9.13. The third kappa shape index (κ3) is 4.77. The topological polar surface area (TPSA) is 47.6 Å². The first kappa shape index (κ1) is 18.9. The van der Waals surface area contributed by atoms with Crippen molar-refractivity contribution in [2.24, 2.45) is 0 Å². The summed E-state index contributed by atoms with van der Waals surface area (Å²) in [6.07, 6.45) is 0.858. The Morgan fingerprint density at radius 1 is 1.21 bits per heavy atom. The lowest BCUT2D eigenvalue weighted by atomic mass is 10.1. The van der Waals surface area contributed by atoms with Gasteiger partial charge in [0.25, 0.3) is 5.91 Å². The Balaban J connectivity index is 2.29. The highest BCUT2D eigenvalue weighted by Crippen LogP contribution is 2.37. The Morgan fingerprint density at radius 3 is 2.62 bits per heavy atom. The summed E-state index contributed by atoms with van der Waals surface area (Å²) in [5.41, 5.74) is 1.18. The maximum Gasteiger partial charge on any atom is 0.255 e. The number of benzene rings is 2. The van der Waals surface area contributed by atoms with Gasteiger partial charge in [0.2, 0.25) is 0 Å². The van der Waals surface area contributed by atoms with Gasteiger partial charge in [-0.3, -0.25) is 4.79 Å². The molecule has 0 heterocycles. The van der Waals surface area contributed by atoms with E-state index in [-0.39, 0.29) is 5.91 Å². The summed E-state index contributed by atoms with van der Waals surface area (Å²) in [6.45, 7) is 4.88. The third-order valence-corrected chi connectivity index (χ3v) is 4.37. The van der Waals surface area contributed by atoms with Gasteiger partial charge in [-0.25, -0.2) is 0 Å². The second-order valence-corrected chi connectivity index (χ2v) is 6.57. The number of rotatable bonds is 7. The maximum atomic E-state index is 12.5. The van der Waals surface area contributed by atoms with Crippen LogP contribution in [-0.2, 0) is 0 Å². The lowest BCUT2D eigenvalue weighted by Crippen LogP contribution is -2.13. The SMILES string of the molecule is CCCOc1c(Cl)cc(C(=O)Nc2ccccc2I)cc1OCC. The summed E-state index contributed by atoms with van der Waals surface area (Å²) >= 11 is 8.47. The second-order valence-electron chi connectivity index (χ2n) is 5.00. The summed E-state index contributed by atoms with van der Waals surface area (Å²) in [5, 5.41) is 3.25.